The highest BCUT2D eigenvalue weighted by atomic mass is 16.4. The van der Waals surface area contributed by atoms with Gasteiger partial charge >= 0.3 is 5.97 Å². The Hall–Kier alpha value is -1.91. The van der Waals surface area contributed by atoms with E-state index < -0.39 is 11.9 Å². The lowest BCUT2D eigenvalue weighted by Crippen LogP contribution is -2.16. The largest absolute Gasteiger partial charge is 0.481 e. The average Bonchev–Trinajstić information content (AvgIpc) is 2.69. The number of pyridine rings is 1. The summed E-state index contributed by atoms with van der Waals surface area (Å²) in [6, 6.07) is 3.63. The zero-order valence-corrected chi connectivity index (χ0v) is 9.97. The molecule has 0 aromatic carbocycles. The second-order valence-electron chi connectivity index (χ2n) is 4.24. The SMILES string of the molecule is Cc1ccc2oc(C(C)C(C)C(=O)O)nc2n1. The van der Waals surface area contributed by atoms with Crippen molar-refractivity contribution >= 4 is 17.2 Å². The zero-order chi connectivity index (χ0) is 12.6. The van der Waals surface area contributed by atoms with Crippen LogP contribution in [0.2, 0.25) is 0 Å². The molecule has 2 aromatic heterocycles. The number of oxazole rings is 1. The number of aromatic nitrogens is 2. The van der Waals surface area contributed by atoms with Crippen LogP contribution in [0.5, 0.6) is 0 Å². The highest BCUT2D eigenvalue weighted by Crippen LogP contribution is 2.26. The van der Waals surface area contributed by atoms with E-state index in [2.05, 4.69) is 9.97 Å². The number of rotatable bonds is 3. The summed E-state index contributed by atoms with van der Waals surface area (Å²) < 4.78 is 5.52. The van der Waals surface area contributed by atoms with Crippen molar-refractivity contribution in [3.8, 4) is 0 Å². The third-order valence-electron chi connectivity index (χ3n) is 2.94. The molecule has 0 spiro atoms. The molecule has 2 atom stereocenters. The number of carboxylic acids is 1. The van der Waals surface area contributed by atoms with Crippen LogP contribution in [0.1, 0.15) is 31.4 Å². The molecule has 0 aliphatic carbocycles. The molecule has 0 saturated heterocycles. The van der Waals surface area contributed by atoms with Gasteiger partial charge in [-0.05, 0) is 19.1 Å². The normalized spacial score (nSPS) is 14.8. The van der Waals surface area contributed by atoms with Gasteiger partial charge in [0.15, 0.2) is 11.2 Å². The Morgan fingerprint density at radius 2 is 2.06 bits per heavy atom. The van der Waals surface area contributed by atoms with Gasteiger partial charge in [-0.3, -0.25) is 4.79 Å². The van der Waals surface area contributed by atoms with Crippen molar-refractivity contribution in [1.29, 1.82) is 0 Å². The van der Waals surface area contributed by atoms with Gasteiger partial charge in [-0.2, -0.15) is 4.98 Å². The minimum Gasteiger partial charge on any atom is -0.481 e. The quantitative estimate of drug-likeness (QED) is 0.882. The fourth-order valence-electron chi connectivity index (χ4n) is 1.55. The van der Waals surface area contributed by atoms with E-state index in [0.29, 0.717) is 17.1 Å². The van der Waals surface area contributed by atoms with Gasteiger partial charge in [0.1, 0.15) is 0 Å². The summed E-state index contributed by atoms with van der Waals surface area (Å²) in [6.45, 7) is 5.30. The first-order valence-electron chi connectivity index (χ1n) is 5.46. The summed E-state index contributed by atoms with van der Waals surface area (Å²) in [4.78, 5) is 19.4. The fraction of sp³-hybridized carbons (Fsp3) is 0.417. The van der Waals surface area contributed by atoms with Gasteiger partial charge in [-0.25, -0.2) is 4.98 Å². The molecule has 5 heteroatoms. The van der Waals surface area contributed by atoms with Crippen LogP contribution in [0.4, 0.5) is 0 Å². The molecule has 2 aromatic rings. The molecular weight excluding hydrogens is 220 g/mol. The van der Waals surface area contributed by atoms with Crippen molar-refractivity contribution in [2.24, 2.45) is 5.92 Å². The van der Waals surface area contributed by atoms with Gasteiger partial charge in [-0.15, -0.1) is 0 Å². The van der Waals surface area contributed by atoms with Crippen molar-refractivity contribution in [3.05, 3.63) is 23.7 Å². The molecule has 0 radical (unpaired) electrons. The molecule has 5 nitrogen and oxygen atoms in total. The van der Waals surface area contributed by atoms with E-state index >= 15 is 0 Å². The summed E-state index contributed by atoms with van der Waals surface area (Å²) in [6.07, 6.45) is 0. The van der Waals surface area contributed by atoms with E-state index in [1.807, 2.05) is 13.0 Å². The summed E-state index contributed by atoms with van der Waals surface area (Å²) in [5.74, 6) is -1.25. The Labute approximate surface area is 98.5 Å². The number of aliphatic carboxylic acids is 1. The summed E-state index contributed by atoms with van der Waals surface area (Å²) in [7, 11) is 0. The molecule has 0 saturated carbocycles. The number of carbonyl (C=O) groups is 1. The first kappa shape index (κ1) is 11.6. The molecule has 0 fully saturated rings. The number of aryl methyl sites for hydroxylation is 1. The zero-order valence-electron chi connectivity index (χ0n) is 9.97. The van der Waals surface area contributed by atoms with Gasteiger partial charge in [-0.1, -0.05) is 13.8 Å². The van der Waals surface area contributed by atoms with Gasteiger partial charge < -0.3 is 9.52 Å². The average molecular weight is 234 g/mol. The van der Waals surface area contributed by atoms with Crippen molar-refractivity contribution in [1.82, 2.24) is 9.97 Å². The van der Waals surface area contributed by atoms with Gasteiger partial charge in [0.05, 0.1) is 5.92 Å². The first-order chi connectivity index (χ1) is 7.99. The van der Waals surface area contributed by atoms with Crippen molar-refractivity contribution in [2.75, 3.05) is 0 Å². The van der Waals surface area contributed by atoms with Crippen LogP contribution in [-0.2, 0) is 4.79 Å². The summed E-state index contributed by atoms with van der Waals surface area (Å²) >= 11 is 0. The highest BCUT2D eigenvalue weighted by molar-refractivity contribution is 5.71. The Balaban J connectivity index is 2.39. The predicted molar refractivity (Wildman–Crippen MR) is 61.8 cm³/mol. The molecule has 2 rings (SSSR count). The minimum absolute atomic E-state index is 0.276. The van der Waals surface area contributed by atoms with E-state index in [-0.39, 0.29) is 5.92 Å². The van der Waals surface area contributed by atoms with Gasteiger partial charge in [0.2, 0.25) is 5.89 Å². The fourth-order valence-corrected chi connectivity index (χ4v) is 1.55. The molecule has 0 amide bonds. The lowest BCUT2D eigenvalue weighted by Gasteiger charge is -2.11. The molecule has 0 bridgehead atoms. The predicted octanol–water partition coefficient (Wildman–Crippen LogP) is 2.36. The molecule has 90 valence electrons. The summed E-state index contributed by atoms with van der Waals surface area (Å²) in [5.41, 5.74) is 1.98. The molecule has 1 N–H and O–H groups in total. The van der Waals surface area contributed by atoms with E-state index in [9.17, 15) is 4.79 Å². The van der Waals surface area contributed by atoms with Crippen LogP contribution in [0.25, 0.3) is 11.2 Å². The van der Waals surface area contributed by atoms with Crippen molar-refractivity contribution < 1.29 is 14.3 Å². The number of hydrogen-bond acceptors (Lipinski definition) is 4. The number of carboxylic acid groups (broad SMARTS) is 1. The molecular formula is C12H14N2O3. The minimum atomic E-state index is -0.858. The maximum Gasteiger partial charge on any atom is 0.307 e. The highest BCUT2D eigenvalue weighted by Gasteiger charge is 2.25. The molecule has 2 unspecified atom stereocenters. The van der Waals surface area contributed by atoms with E-state index in [4.69, 9.17) is 9.52 Å². The maximum absolute atomic E-state index is 10.9. The Bertz CT molecular complexity index is 562. The lowest BCUT2D eigenvalue weighted by atomic mass is 9.96. The number of nitrogens with zero attached hydrogens (tertiary/aromatic N) is 2. The van der Waals surface area contributed by atoms with Crippen LogP contribution >= 0.6 is 0 Å². The number of fused-ring (bicyclic) bond motifs is 1. The standard InChI is InChI=1S/C12H14N2O3/c1-6-4-5-9-10(13-6)14-11(17-9)7(2)8(3)12(15)16/h4-5,7-8H,1-3H3,(H,15,16). The number of hydrogen-bond donors (Lipinski definition) is 1. The van der Waals surface area contributed by atoms with Crippen molar-refractivity contribution in [2.45, 2.75) is 26.7 Å². The monoisotopic (exact) mass is 234 g/mol. The first-order valence-corrected chi connectivity index (χ1v) is 5.46. The van der Waals surface area contributed by atoms with Crippen LogP contribution < -0.4 is 0 Å². The van der Waals surface area contributed by atoms with Crippen LogP contribution in [-0.4, -0.2) is 21.0 Å². The van der Waals surface area contributed by atoms with Crippen molar-refractivity contribution in [3.63, 3.8) is 0 Å². The molecule has 0 aliphatic heterocycles. The van der Waals surface area contributed by atoms with Crippen LogP contribution in [0.3, 0.4) is 0 Å². The van der Waals surface area contributed by atoms with Gasteiger partial charge in [0.25, 0.3) is 0 Å². The molecule has 17 heavy (non-hydrogen) atoms. The molecule has 0 aliphatic rings. The second-order valence-corrected chi connectivity index (χ2v) is 4.24. The van der Waals surface area contributed by atoms with E-state index in [1.165, 1.54) is 0 Å². The van der Waals surface area contributed by atoms with E-state index in [1.54, 1.807) is 19.9 Å². The van der Waals surface area contributed by atoms with Gasteiger partial charge in [0, 0.05) is 11.6 Å². The second kappa shape index (κ2) is 4.16. The maximum atomic E-state index is 10.9. The Kier molecular flexibility index (Phi) is 2.83. The van der Waals surface area contributed by atoms with E-state index in [0.717, 1.165) is 5.69 Å². The summed E-state index contributed by atoms with van der Waals surface area (Å²) in [5, 5.41) is 8.95. The van der Waals surface area contributed by atoms with Crippen LogP contribution in [0.15, 0.2) is 16.5 Å². The lowest BCUT2D eigenvalue weighted by molar-refractivity contribution is -0.141. The van der Waals surface area contributed by atoms with Crippen LogP contribution in [0, 0.1) is 12.8 Å². The third-order valence-corrected chi connectivity index (χ3v) is 2.94. The molecule has 2 heterocycles. The topological polar surface area (TPSA) is 76.2 Å². The smallest absolute Gasteiger partial charge is 0.307 e. The Morgan fingerprint density at radius 3 is 2.71 bits per heavy atom. The third kappa shape index (κ3) is 2.13. The Morgan fingerprint density at radius 1 is 1.35 bits per heavy atom.